The number of aryl methyl sites for hydroxylation is 1. The van der Waals surface area contributed by atoms with Gasteiger partial charge < -0.3 is 14.5 Å². The smallest absolute Gasteiger partial charge is 0.196 e. The quantitative estimate of drug-likeness (QED) is 0.797. The lowest BCUT2D eigenvalue weighted by Crippen LogP contribution is -2.21. The molecule has 0 amide bonds. The van der Waals surface area contributed by atoms with Crippen molar-refractivity contribution >= 4 is 11.6 Å². The topological polar surface area (TPSA) is 47.3 Å². The zero-order valence-corrected chi connectivity index (χ0v) is 12.5. The van der Waals surface area contributed by atoms with Crippen molar-refractivity contribution < 1.29 is 9.15 Å². The van der Waals surface area contributed by atoms with Crippen molar-refractivity contribution in [2.75, 3.05) is 26.8 Å². The van der Waals surface area contributed by atoms with Gasteiger partial charge in [0, 0.05) is 32.2 Å². The van der Waals surface area contributed by atoms with Crippen LogP contribution in [0.25, 0.3) is 11.3 Å². The van der Waals surface area contributed by atoms with E-state index in [1.165, 1.54) is 0 Å². The Kier molecular flexibility index (Phi) is 5.59. The molecule has 0 aliphatic heterocycles. The summed E-state index contributed by atoms with van der Waals surface area (Å²) in [5, 5.41) is 3.94. The van der Waals surface area contributed by atoms with Crippen molar-refractivity contribution in [3.8, 4) is 11.3 Å². The van der Waals surface area contributed by atoms with E-state index in [2.05, 4.69) is 10.3 Å². The molecular weight excluding hydrogens is 276 g/mol. The van der Waals surface area contributed by atoms with Crippen LogP contribution in [0.1, 0.15) is 11.5 Å². The monoisotopic (exact) mass is 294 g/mol. The summed E-state index contributed by atoms with van der Waals surface area (Å²) in [6.07, 6.45) is 2.47. The molecule has 20 heavy (non-hydrogen) atoms. The SMILES string of the molecule is COCCNCCc1ncc(-c2ccc(C)cc2Cl)o1. The molecule has 1 N–H and O–H groups in total. The number of aromatic nitrogens is 1. The molecule has 1 heterocycles. The predicted octanol–water partition coefficient (Wildman–Crippen LogP) is 3.08. The third-order valence-corrected chi connectivity index (χ3v) is 3.25. The molecule has 2 rings (SSSR count). The van der Waals surface area contributed by atoms with Crippen LogP contribution in [-0.2, 0) is 11.2 Å². The van der Waals surface area contributed by atoms with E-state index in [9.17, 15) is 0 Å². The molecule has 108 valence electrons. The number of methoxy groups -OCH3 is 1. The maximum atomic E-state index is 6.22. The van der Waals surface area contributed by atoms with E-state index in [4.69, 9.17) is 20.8 Å². The van der Waals surface area contributed by atoms with Gasteiger partial charge in [0.05, 0.1) is 17.8 Å². The lowest BCUT2D eigenvalue weighted by atomic mass is 10.1. The number of nitrogens with one attached hydrogen (secondary N) is 1. The first kappa shape index (κ1) is 15.0. The van der Waals surface area contributed by atoms with Crippen LogP contribution in [0, 0.1) is 6.92 Å². The fraction of sp³-hybridized carbons (Fsp3) is 0.400. The van der Waals surface area contributed by atoms with Crippen LogP contribution in [0.2, 0.25) is 5.02 Å². The first-order chi connectivity index (χ1) is 9.70. The Morgan fingerprint density at radius 2 is 2.20 bits per heavy atom. The van der Waals surface area contributed by atoms with Gasteiger partial charge in [0.25, 0.3) is 0 Å². The number of nitrogens with zero attached hydrogens (tertiary/aromatic N) is 1. The Hall–Kier alpha value is -1.36. The van der Waals surface area contributed by atoms with Gasteiger partial charge in [-0.2, -0.15) is 0 Å². The third kappa shape index (κ3) is 4.07. The number of oxazole rings is 1. The van der Waals surface area contributed by atoms with E-state index in [0.717, 1.165) is 30.6 Å². The van der Waals surface area contributed by atoms with Crippen LogP contribution in [0.3, 0.4) is 0 Å². The Labute approximate surface area is 124 Å². The van der Waals surface area contributed by atoms with Crippen molar-refractivity contribution in [1.29, 1.82) is 0 Å². The van der Waals surface area contributed by atoms with E-state index in [1.807, 2.05) is 25.1 Å². The lowest BCUT2D eigenvalue weighted by molar-refractivity contribution is 0.199. The summed E-state index contributed by atoms with van der Waals surface area (Å²) in [6, 6.07) is 5.89. The summed E-state index contributed by atoms with van der Waals surface area (Å²) in [5.41, 5.74) is 2.00. The zero-order chi connectivity index (χ0) is 14.4. The standard InChI is InChI=1S/C15H19ClN2O2/c1-11-3-4-12(13(16)9-11)14-10-18-15(20-14)5-6-17-7-8-19-2/h3-4,9-10,17H,5-8H2,1-2H3. The van der Waals surface area contributed by atoms with Crippen LogP contribution < -0.4 is 5.32 Å². The van der Waals surface area contributed by atoms with E-state index < -0.39 is 0 Å². The number of ether oxygens (including phenoxy) is 1. The highest BCUT2D eigenvalue weighted by Crippen LogP contribution is 2.29. The van der Waals surface area contributed by atoms with Gasteiger partial charge in [0.2, 0.25) is 0 Å². The number of rotatable bonds is 7. The second kappa shape index (κ2) is 7.43. The molecule has 2 aromatic rings. The molecule has 0 atom stereocenters. The minimum absolute atomic E-state index is 0.686. The van der Waals surface area contributed by atoms with Gasteiger partial charge in [0.15, 0.2) is 11.7 Å². The second-order valence-electron chi connectivity index (χ2n) is 4.59. The van der Waals surface area contributed by atoms with Gasteiger partial charge in [-0.3, -0.25) is 0 Å². The minimum Gasteiger partial charge on any atom is -0.441 e. The van der Waals surface area contributed by atoms with Crippen molar-refractivity contribution in [3.05, 3.63) is 40.9 Å². The summed E-state index contributed by atoms with van der Waals surface area (Å²) < 4.78 is 10.7. The highest BCUT2D eigenvalue weighted by Gasteiger charge is 2.09. The van der Waals surface area contributed by atoms with Crippen LogP contribution >= 0.6 is 11.6 Å². The van der Waals surface area contributed by atoms with Gasteiger partial charge in [-0.1, -0.05) is 17.7 Å². The van der Waals surface area contributed by atoms with E-state index in [1.54, 1.807) is 13.3 Å². The molecule has 0 bridgehead atoms. The van der Waals surface area contributed by atoms with Crippen LogP contribution in [0.4, 0.5) is 0 Å². The van der Waals surface area contributed by atoms with Gasteiger partial charge in [-0.15, -0.1) is 0 Å². The minimum atomic E-state index is 0.686. The average Bonchev–Trinajstić information content (AvgIpc) is 2.87. The molecule has 0 radical (unpaired) electrons. The maximum Gasteiger partial charge on any atom is 0.196 e. The van der Waals surface area contributed by atoms with Gasteiger partial charge in [-0.25, -0.2) is 4.98 Å². The lowest BCUT2D eigenvalue weighted by Gasteiger charge is -2.02. The Balaban J connectivity index is 1.95. The number of hydrogen-bond donors (Lipinski definition) is 1. The number of halogens is 1. The highest BCUT2D eigenvalue weighted by molar-refractivity contribution is 6.33. The molecule has 0 saturated heterocycles. The fourth-order valence-electron chi connectivity index (χ4n) is 1.86. The van der Waals surface area contributed by atoms with E-state index in [-0.39, 0.29) is 0 Å². The third-order valence-electron chi connectivity index (χ3n) is 2.94. The Morgan fingerprint density at radius 1 is 1.35 bits per heavy atom. The molecule has 0 saturated carbocycles. The van der Waals surface area contributed by atoms with E-state index >= 15 is 0 Å². The van der Waals surface area contributed by atoms with Crippen LogP contribution in [0.15, 0.2) is 28.8 Å². The summed E-state index contributed by atoms with van der Waals surface area (Å²) in [7, 11) is 1.69. The molecule has 0 spiro atoms. The summed E-state index contributed by atoms with van der Waals surface area (Å²) in [6.45, 7) is 4.35. The first-order valence-electron chi connectivity index (χ1n) is 6.61. The number of benzene rings is 1. The molecule has 5 heteroatoms. The summed E-state index contributed by atoms with van der Waals surface area (Å²) in [5.74, 6) is 1.42. The van der Waals surface area contributed by atoms with Crippen molar-refractivity contribution in [2.45, 2.75) is 13.3 Å². The van der Waals surface area contributed by atoms with Gasteiger partial charge >= 0.3 is 0 Å². The molecule has 1 aromatic carbocycles. The maximum absolute atomic E-state index is 6.22. The largest absolute Gasteiger partial charge is 0.441 e. The first-order valence-corrected chi connectivity index (χ1v) is 6.99. The molecule has 0 aliphatic rings. The molecule has 1 aromatic heterocycles. The van der Waals surface area contributed by atoms with Crippen molar-refractivity contribution in [3.63, 3.8) is 0 Å². The van der Waals surface area contributed by atoms with Crippen molar-refractivity contribution in [1.82, 2.24) is 10.3 Å². The molecule has 0 aliphatic carbocycles. The average molecular weight is 295 g/mol. The van der Waals surface area contributed by atoms with Crippen LogP contribution in [0.5, 0.6) is 0 Å². The molecule has 0 fully saturated rings. The zero-order valence-electron chi connectivity index (χ0n) is 11.8. The summed E-state index contributed by atoms with van der Waals surface area (Å²) >= 11 is 6.22. The number of hydrogen-bond acceptors (Lipinski definition) is 4. The van der Waals surface area contributed by atoms with Crippen molar-refractivity contribution in [2.24, 2.45) is 0 Å². The molecular formula is C15H19ClN2O2. The van der Waals surface area contributed by atoms with Gasteiger partial charge in [0.1, 0.15) is 0 Å². The Morgan fingerprint density at radius 3 is 2.95 bits per heavy atom. The summed E-state index contributed by atoms with van der Waals surface area (Å²) in [4.78, 5) is 4.28. The predicted molar refractivity (Wildman–Crippen MR) is 80.1 cm³/mol. The molecule has 4 nitrogen and oxygen atoms in total. The fourth-order valence-corrected chi connectivity index (χ4v) is 2.19. The second-order valence-corrected chi connectivity index (χ2v) is 5.00. The van der Waals surface area contributed by atoms with Crippen LogP contribution in [-0.4, -0.2) is 31.8 Å². The Bertz CT molecular complexity index is 555. The highest BCUT2D eigenvalue weighted by atomic mass is 35.5. The normalized spacial score (nSPS) is 10.9. The van der Waals surface area contributed by atoms with E-state index in [0.29, 0.717) is 23.3 Å². The molecule has 0 unspecified atom stereocenters. The van der Waals surface area contributed by atoms with Gasteiger partial charge in [-0.05, 0) is 24.6 Å².